The lowest BCUT2D eigenvalue weighted by Crippen LogP contribution is -2.47. The molecule has 1 aliphatic rings. The molecule has 6 rings (SSSR count). The molecule has 0 spiro atoms. The Kier molecular flexibility index (Phi) is 7.92. The topological polar surface area (TPSA) is 82.3 Å². The van der Waals surface area contributed by atoms with E-state index in [9.17, 15) is 13.2 Å². The van der Waals surface area contributed by atoms with Crippen LogP contribution in [0.4, 0.5) is 18.9 Å². The van der Waals surface area contributed by atoms with Gasteiger partial charge >= 0.3 is 6.18 Å². The van der Waals surface area contributed by atoms with Crippen molar-refractivity contribution >= 4 is 27.8 Å². The number of ether oxygens (including phenoxy) is 2. The number of nitrogens with one attached hydrogen (secondary N) is 2. The molecule has 11 heteroatoms. The highest BCUT2D eigenvalue weighted by molar-refractivity contribution is 5.91. The van der Waals surface area contributed by atoms with Crippen LogP contribution < -0.4 is 14.4 Å². The lowest BCUT2D eigenvalue weighted by molar-refractivity contribution is -0.144. The van der Waals surface area contributed by atoms with Crippen LogP contribution in [0.25, 0.3) is 33.5 Å². The van der Waals surface area contributed by atoms with Crippen molar-refractivity contribution in [3.05, 3.63) is 66.5 Å². The number of halogens is 3. The molecular weight excluding hydrogens is 545 g/mol. The van der Waals surface area contributed by atoms with Crippen LogP contribution in [-0.4, -0.2) is 70.8 Å². The lowest BCUT2D eigenvalue weighted by atomic mass is 10.2. The Labute approximate surface area is 241 Å². The third-order valence-electron chi connectivity index (χ3n) is 7.51. The van der Waals surface area contributed by atoms with Crippen LogP contribution in [0, 0.1) is 0 Å². The Bertz CT molecular complexity index is 1640. The third kappa shape index (κ3) is 6.01. The average molecular weight is 579 g/mol. The summed E-state index contributed by atoms with van der Waals surface area (Å²) in [6, 6.07) is 19.1. The molecule has 220 valence electrons. The lowest BCUT2D eigenvalue weighted by Gasteiger charge is -2.36. The van der Waals surface area contributed by atoms with E-state index in [1.54, 1.807) is 18.2 Å². The Morgan fingerprint density at radius 1 is 0.810 bits per heavy atom. The summed E-state index contributed by atoms with van der Waals surface area (Å²) in [5.74, 6) is 1.01. The molecule has 8 nitrogen and oxygen atoms in total. The number of imidazole rings is 2. The summed E-state index contributed by atoms with van der Waals surface area (Å²) < 4.78 is 50.9. The minimum Gasteiger partial charge on any atom is -0.494 e. The van der Waals surface area contributed by atoms with E-state index in [0.717, 1.165) is 79.5 Å². The smallest absolute Gasteiger partial charge is 0.449 e. The van der Waals surface area contributed by atoms with E-state index < -0.39 is 12.0 Å². The van der Waals surface area contributed by atoms with Gasteiger partial charge in [0.25, 0.3) is 0 Å². The molecule has 1 aliphatic heterocycles. The van der Waals surface area contributed by atoms with Crippen LogP contribution in [0.1, 0.15) is 25.6 Å². The Balaban J connectivity index is 1.06. The van der Waals surface area contributed by atoms with Crippen molar-refractivity contribution in [3.8, 4) is 22.9 Å². The predicted molar refractivity (Wildman–Crippen MR) is 157 cm³/mol. The van der Waals surface area contributed by atoms with Gasteiger partial charge in [0.2, 0.25) is 5.82 Å². The van der Waals surface area contributed by atoms with Gasteiger partial charge in [0, 0.05) is 38.3 Å². The molecule has 0 unspecified atom stereocenters. The van der Waals surface area contributed by atoms with Crippen molar-refractivity contribution in [2.75, 3.05) is 50.8 Å². The highest BCUT2D eigenvalue weighted by Crippen LogP contribution is 2.32. The summed E-state index contributed by atoms with van der Waals surface area (Å²) in [7, 11) is 0. The maximum atomic E-state index is 13.1. The number of rotatable bonds is 10. The van der Waals surface area contributed by atoms with Crippen molar-refractivity contribution in [3.63, 3.8) is 0 Å². The van der Waals surface area contributed by atoms with Gasteiger partial charge < -0.3 is 24.3 Å². The van der Waals surface area contributed by atoms with Crippen LogP contribution in [0.2, 0.25) is 0 Å². The molecule has 2 N–H and O–H groups in total. The number of anilines is 1. The van der Waals surface area contributed by atoms with Gasteiger partial charge in [-0.05, 0) is 55.0 Å². The highest BCUT2D eigenvalue weighted by Gasteiger charge is 2.35. The number of unbranched alkanes of at least 4 members (excludes halogenated alkanes) is 1. The fourth-order valence-electron chi connectivity index (χ4n) is 5.21. The van der Waals surface area contributed by atoms with Gasteiger partial charge in [-0.25, -0.2) is 9.97 Å². The van der Waals surface area contributed by atoms with Crippen LogP contribution in [-0.2, 0) is 6.18 Å². The number of hydrogen-bond acceptors (Lipinski definition) is 6. The predicted octanol–water partition coefficient (Wildman–Crippen LogP) is 6.50. The molecule has 0 saturated carbocycles. The standard InChI is InChI=1S/C31H33F3N6O2/c1-2-3-19-41-22-12-10-21(11-13-22)29-35-23-6-4-8-25(27(23)37-29)40-16-14-39(15-17-40)18-20-42-26-9-5-7-24-28(26)38-30(36-24)31(32,33)34/h4-13H,2-3,14-20H2,1H3,(H,35,37)(H,36,38). The van der Waals surface area contributed by atoms with Gasteiger partial charge in [-0.1, -0.05) is 25.5 Å². The second-order valence-corrected chi connectivity index (χ2v) is 10.4. The molecule has 0 radical (unpaired) electrons. The number of para-hydroxylation sites is 2. The van der Waals surface area contributed by atoms with E-state index in [1.165, 1.54) is 0 Å². The number of aromatic nitrogens is 4. The fraction of sp³-hybridized carbons (Fsp3) is 0.355. The number of nitrogens with zero attached hydrogens (tertiary/aromatic N) is 4. The minimum absolute atomic E-state index is 0.192. The van der Waals surface area contributed by atoms with Gasteiger partial charge in [-0.2, -0.15) is 13.2 Å². The second-order valence-electron chi connectivity index (χ2n) is 10.4. The Hall–Kier alpha value is -4.25. The SMILES string of the molecule is CCCCOc1ccc(-c2nc3c(N4CCN(CCOc5cccc6[nH]c(C(F)(F)F)nc56)CC4)cccc3[nH]2)cc1. The number of alkyl halides is 3. The van der Waals surface area contributed by atoms with Crippen LogP contribution in [0.15, 0.2) is 60.7 Å². The normalized spacial score (nSPS) is 14.6. The monoisotopic (exact) mass is 578 g/mol. The van der Waals surface area contributed by atoms with Crippen LogP contribution in [0.3, 0.4) is 0 Å². The highest BCUT2D eigenvalue weighted by atomic mass is 19.4. The molecule has 0 atom stereocenters. The summed E-state index contributed by atoms with van der Waals surface area (Å²) in [5, 5.41) is 0. The summed E-state index contributed by atoms with van der Waals surface area (Å²) in [4.78, 5) is 19.1. The molecule has 42 heavy (non-hydrogen) atoms. The summed E-state index contributed by atoms with van der Waals surface area (Å²) in [6.45, 7) is 7.21. The number of aromatic amines is 2. The van der Waals surface area contributed by atoms with E-state index in [1.807, 2.05) is 36.4 Å². The largest absolute Gasteiger partial charge is 0.494 e. The van der Waals surface area contributed by atoms with Crippen molar-refractivity contribution in [1.29, 1.82) is 0 Å². The van der Waals surface area contributed by atoms with Crippen LogP contribution >= 0.6 is 0 Å². The third-order valence-corrected chi connectivity index (χ3v) is 7.51. The van der Waals surface area contributed by atoms with Gasteiger partial charge in [0.05, 0.1) is 23.3 Å². The van der Waals surface area contributed by atoms with Gasteiger partial charge in [-0.3, -0.25) is 4.90 Å². The number of benzene rings is 3. The number of hydrogen-bond donors (Lipinski definition) is 2. The Morgan fingerprint density at radius 3 is 2.29 bits per heavy atom. The molecule has 3 aromatic carbocycles. The molecule has 2 aromatic heterocycles. The van der Waals surface area contributed by atoms with Crippen LogP contribution in [0.5, 0.6) is 11.5 Å². The van der Waals surface area contributed by atoms with Crippen molar-refractivity contribution in [2.24, 2.45) is 0 Å². The maximum Gasteiger partial charge on any atom is 0.449 e. The minimum atomic E-state index is -4.54. The molecule has 1 fully saturated rings. The summed E-state index contributed by atoms with van der Waals surface area (Å²) >= 11 is 0. The molecule has 0 bridgehead atoms. The average Bonchev–Trinajstić information content (AvgIpc) is 3.64. The summed E-state index contributed by atoms with van der Waals surface area (Å²) in [5.41, 5.74) is 4.52. The van der Waals surface area contributed by atoms with Gasteiger partial charge in [-0.15, -0.1) is 0 Å². The van der Waals surface area contributed by atoms with E-state index in [2.05, 4.69) is 37.7 Å². The zero-order chi connectivity index (χ0) is 29.1. The first-order valence-corrected chi connectivity index (χ1v) is 14.3. The molecule has 1 saturated heterocycles. The number of fused-ring (bicyclic) bond motifs is 2. The van der Waals surface area contributed by atoms with E-state index >= 15 is 0 Å². The molecule has 0 amide bonds. The van der Waals surface area contributed by atoms with Crippen molar-refractivity contribution in [1.82, 2.24) is 24.8 Å². The van der Waals surface area contributed by atoms with E-state index in [4.69, 9.17) is 14.5 Å². The van der Waals surface area contributed by atoms with Crippen molar-refractivity contribution in [2.45, 2.75) is 25.9 Å². The fourth-order valence-corrected chi connectivity index (χ4v) is 5.21. The van der Waals surface area contributed by atoms with E-state index in [-0.39, 0.29) is 5.52 Å². The second kappa shape index (κ2) is 11.9. The molecule has 0 aliphatic carbocycles. The summed E-state index contributed by atoms with van der Waals surface area (Å²) in [6.07, 6.45) is -2.40. The molecular formula is C31H33F3N6O2. The zero-order valence-electron chi connectivity index (χ0n) is 23.4. The first kappa shape index (κ1) is 27.9. The van der Waals surface area contributed by atoms with Crippen molar-refractivity contribution < 1.29 is 22.6 Å². The maximum absolute atomic E-state index is 13.1. The first-order chi connectivity index (χ1) is 20.4. The quantitative estimate of drug-likeness (QED) is 0.184. The van der Waals surface area contributed by atoms with E-state index in [0.29, 0.717) is 24.4 Å². The number of piperazine rings is 1. The number of H-pyrrole nitrogens is 2. The zero-order valence-corrected chi connectivity index (χ0v) is 23.4. The molecule has 3 heterocycles. The first-order valence-electron chi connectivity index (χ1n) is 14.3. The van der Waals surface area contributed by atoms with Gasteiger partial charge in [0.1, 0.15) is 35.0 Å². The Morgan fingerprint density at radius 2 is 1.55 bits per heavy atom. The van der Waals surface area contributed by atoms with Gasteiger partial charge in [0.15, 0.2) is 0 Å². The molecule has 5 aromatic rings.